The lowest BCUT2D eigenvalue weighted by Crippen LogP contribution is -2.55. The van der Waals surface area contributed by atoms with Gasteiger partial charge in [0.1, 0.15) is 6.29 Å². The molecule has 0 spiro atoms. The SMILES string of the molecule is CC(CCC(=O)NC=O)N(C)Cc1c(C=O)cccc1NC1CN(CCOCCN2CCCCC2)C1. The van der Waals surface area contributed by atoms with Crippen molar-refractivity contribution in [3.05, 3.63) is 29.3 Å². The predicted octanol–water partition coefficient (Wildman–Crippen LogP) is 1.97. The third kappa shape index (κ3) is 8.96. The number of benzene rings is 1. The standard InChI is InChI=1S/C27H43N5O4/c1-22(9-10-27(35)28-21-34)30(2)19-25-23(20-33)7-6-8-26(25)29-24-17-32(18-24)14-16-36-15-13-31-11-4-3-5-12-31/h6-8,20-22,24,29H,3-5,9-19H2,1-2H3,(H,28,34,35). The topological polar surface area (TPSA) is 94.2 Å². The second-order valence-electron chi connectivity index (χ2n) is 10.1. The molecule has 0 saturated carbocycles. The summed E-state index contributed by atoms with van der Waals surface area (Å²) in [4.78, 5) is 40.8. The molecule has 0 aromatic heterocycles. The summed E-state index contributed by atoms with van der Waals surface area (Å²) in [6.07, 6.45) is 6.23. The van der Waals surface area contributed by atoms with Crippen molar-refractivity contribution in [1.29, 1.82) is 0 Å². The van der Waals surface area contributed by atoms with Crippen molar-refractivity contribution in [3.8, 4) is 0 Å². The van der Waals surface area contributed by atoms with Gasteiger partial charge in [0.05, 0.1) is 19.3 Å². The number of piperidine rings is 1. The Kier molecular flexibility index (Phi) is 11.8. The number of carbonyl (C=O) groups is 3. The Bertz CT molecular complexity index is 839. The van der Waals surface area contributed by atoms with Crippen molar-refractivity contribution >= 4 is 24.3 Å². The van der Waals surface area contributed by atoms with Crippen molar-refractivity contribution < 1.29 is 19.1 Å². The van der Waals surface area contributed by atoms with E-state index in [4.69, 9.17) is 4.74 Å². The largest absolute Gasteiger partial charge is 0.379 e. The molecule has 9 heteroatoms. The number of ether oxygens (including phenoxy) is 1. The number of nitrogens with one attached hydrogen (secondary N) is 2. The molecule has 1 aromatic rings. The van der Waals surface area contributed by atoms with Gasteiger partial charge < -0.3 is 15.0 Å². The summed E-state index contributed by atoms with van der Waals surface area (Å²) in [6.45, 7) is 10.5. The third-order valence-electron chi connectivity index (χ3n) is 7.38. The van der Waals surface area contributed by atoms with Crippen LogP contribution in [0, 0.1) is 0 Å². The first kappa shape index (κ1) is 28.2. The number of aldehydes is 1. The molecule has 0 bridgehead atoms. The molecule has 2 N–H and O–H groups in total. The number of likely N-dealkylation sites (tertiary alicyclic amines) is 2. The summed E-state index contributed by atoms with van der Waals surface area (Å²) >= 11 is 0. The summed E-state index contributed by atoms with van der Waals surface area (Å²) in [5.41, 5.74) is 2.63. The Hall–Kier alpha value is -2.33. The zero-order valence-electron chi connectivity index (χ0n) is 21.9. The number of anilines is 1. The minimum atomic E-state index is -0.275. The minimum absolute atomic E-state index is 0.115. The summed E-state index contributed by atoms with van der Waals surface area (Å²) in [7, 11) is 1.99. The maximum absolute atomic E-state index is 11.8. The molecular weight excluding hydrogens is 458 g/mol. The van der Waals surface area contributed by atoms with E-state index in [0.29, 0.717) is 31.0 Å². The van der Waals surface area contributed by atoms with E-state index in [9.17, 15) is 14.4 Å². The molecule has 2 fully saturated rings. The molecule has 0 aliphatic carbocycles. The number of imide groups is 1. The Balaban J connectivity index is 1.40. The first-order valence-electron chi connectivity index (χ1n) is 13.3. The van der Waals surface area contributed by atoms with Gasteiger partial charge in [-0.15, -0.1) is 0 Å². The van der Waals surface area contributed by atoms with E-state index < -0.39 is 0 Å². The first-order chi connectivity index (χ1) is 17.5. The van der Waals surface area contributed by atoms with Gasteiger partial charge in [0, 0.05) is 56.4 Å². The normalized spacial score (nSPS) is 18.0. The van der Waals surface area contributed by atoms with Crippen LogP contribution in [0.1, 0.15) is 54.9 Å². The highest BCUT2D eigenvalue weighted by Crippen LogP contribution is 2.25. The number of hydrogen-bond donors (Lipinski definition) is 2. The molecule has 200 valence electrons. The van der Waals surface area contributed by atoms with Crippen LogP contribution in [-0.2, 0) is 20.9 Å². The lowest BCUT2D eigenvalue weighted by atomic mass is 10.0. The van der Waals surface area contributed by atoms with Gasteiger partial charge in [-0.2, -0.15) is 0 Å². The van der Waals surface area contributed by atoms with E-state index in [2.05, 4.69) is 25.3 Å². The van der Waals surface area contributed by atoms with Crippen LogP contribution >= 0.6 is 0 Å². The lowest BCUT2D eigenvalue weighted by molar-refractivity contribution is -0.125. The summed E-state index contributed by atoms with van der Waals surface area (Å²) in [6, 6.07) is 6.25. The van der Waals surface area contributed by atoms with E-state index >= 15 is 0 Å². The van der Waals surface area contributed by atoms with Gasteiger partial charge in [0.15, 0.2) is 0 Å². The van der Waals surface area contributed by atoms with Gasteiger partial charge in [0.25, 0.3) is 0 Å². The molecule has 36 heavy (non-hydrogen) atoms. The summed E-state index contributed by atoms with van der Waals surface area (Å²) in [5.74, 6) is -0.275. The molecule has 1 atom stereocenters. The van der Waals surface area contributed by atoms with E-state index in [1.54, 1.807) is 0 Å². The molecule has 9 nitrogen and oxygen atoms in total. The number of amides is 2. The zero-order chi connectivity index (χ0) is 25.8. The summed E-state index contributed by atoms with van der Waals surface area (Å²) in [5, 5.41) is 5.81. The molecule has 2 amide bonds. The predicted molar refractivity (Wildman–Crippen MR) is 141 cm³/mol. The Morgan fingerprint density at radius 2 is 1.86 bits per heavy atom. The van der Waals surface area contributed by atoms with Gasteiger partial charge in [-0.25, -0.2) is 0 Å². The second kappa shape index (κ2) is 15.0. The highest BCUT2D eigenvalue weighted by molar-refractivity contribution is 5.85. The fourth-order valence-electron chi connectivity index (χ4n) is 4.87. The molecule has 1 unspecified atom stereocenters. The van der Waals surface area contributed by atoms with Crippen LogP contribution in [0.4, 0.5) is 5.69 Å². The zero-order valence-corrected chi connectivity index (χ0v) is 21.9. The lowest BCUT2D eigenvalue weighted by Gasteiger charge is -2.40. The fraction of sp³-hybridized carbons (Fsp3) is 0.667. The smallest absolute Gasteiger partial charge is 0.226 e. The highest BCUT2D eigenvalue weighted by atomic mass is 16.5. The van der Waals surface area contributed by atoms with Crippen LogP contribution in [-0.4, -0.2) is 105 Å². The molecule has 2 saturated heterocycles. The van der Waals surface area contributed by atoms with E-state index in [1.807, 2.05) is 32.2 Å². The van der Waals surface area contributed by atoms with Crippen LogP contribution in [0.3, 0.4) is 0 Å². The fourth-order valence-corrected chi connectivity index (χ4v) is 4.87. The highest BCUT2D eigenvalue weighted by Gasteiger charge is 2.27. The van der Waals surface area contributed by atoms with Gasteiger partial charge in [-0.3, -0.25) is 29.5 Å². The first-order valence-corrected chi connectivity index (χ1v) is 13.3. The minimum Gasteiger partial charge on any atom is -0.379 e. The van der Waals surface area contributed by atoms with Crippen molar-refractivity contribution in [3.63, 3.8) is 0 Å². The van der Waals surface area contributed by atoms with Gasteiger partial charge >= 0.3 is 0 Å². The molecule has 1 aromatic carbocycles. The monoisotopic (exact) mass is 501 g/mol. The maximum atomic E-state index is 11.8. The molecule has 0 radical (unpaired) electrons. The van der Waals surface area contributed by atoms with E-state index in [1.165, 1.54) is 32.4 Å². The van der Waals surface area contributed by atoms with Gasteiger partial charge in [0.2, 0.25) is 12.3 Å². The number of hydrogen-bond acceptors (Lipinski definition) is 8. The quantitative estimate of drug-likeness (QED) is 0.262. The van der Waals surface area contributed by atoms with Crippen LogP contribution in [0.5, 0.6) is 0 Å². The van der Waals surface area contributed by atoms with Crippen molar-refractivity contribution in [2.75, 3.05) is 64.8 Å². The maximum Gasteiger partial charge on any atom is 0.226 e. The van der Waals surface area contributed by atoms with Crippen LogP contribution < -0.4 is 10.6 Å². The molecular formula is C27H43N5O4. The van der Waals surface area contributed by atoms with Crippen molar-refractivity contribution in [2.24, 2.45) is 0 Å². The molecule has 2 aliphatic heterocycles. The number of rotatable bonds is 16. The molecule has 3 rings (SSSR count). The Morgan fingerprint density at radius 3 is 2.56 bits per heavy atom. The Morgan fingerprint density at radius 1 is 1.14 bits per heavy atom. The van der Waals surface area contributed by atoms with Crippen LogP contribution in [0.15, 0.2) is 18.2 Å². The summed E-state index contributed by atoms with van der Waals surface area (Å²) < 4.78 is 5.87. The van der Waals surface area contributed by atoms with Crippen LogP contribution in [0.25, 0.3) is 0 Å². The van der Waals surface area contributed by atoms with Gasteiger partial charge in [-0.1, -0.05) is 18.6 Å². The third-order valence-corrected chi connectivity index (χ3v) is 7.38. The molecule has 2 heterocycles. The number of carbonyl (C=O) groups excluding carboxylic acids is 3. The average Bonchev–Trinajstić information content (AvgIpc) is 2.86. The molecule has 2 aliphatic rings. The number of nitrogens with zero attached hydrogens (tertiary/aromatic N) is 3. The average molecular weight is 502 g/mol. The van der Waals surface area contributed by atoms with Crippen molar-refractivity contribution in [1.82, 2.24) is 20.0 Å². The van der Waals surface area contributed by atoms with Gasteiger partial charge in [-0.05, 0) is 58.0 Å². The Labute approximate surface area is 215 Å². The van der Waals surface area contributed by atoms with E-state index in [-0.39, 0.29) is 18.4 Å². The van der Waals surface area contributed by atoms with E-state index in [0.717, 1.165) is 56.9 Å². The van der Waals surface area contributed by atoms with Crippen molar-refractivity contribution in [2.45, 2.75) is 57.7 Å². The van der Waals surface area contributed by atoms with Crippen LogP contribution in [0.2, 0.25) is 0 Å². The second-order valence-corrected chi connectivity index (χ2v) is 10.1.